The van der Waals surface area contributed by atoms with Crippen molar-refractivity contribution in [2.75, 3.05) is 33.3 Å². The Morgan fingerprint density at radius 2 is 2.05 bits per heavy atom. The van der Waals surface area contributed by atoms with Crippen molar-refractivity contribution in [1.29, 1.82) is 0 Å². The number of piperazine rings is 1. The minimum atomic E-state index is -0.201. The van der Waals surface area contributed by atoms with Gasteiger partial charge >= 0.3 is 0 Å². The second-order valence-electron chi connectivity index (χ2n) is 5.98. The van der Waals surface area contributed by atoms with Crippen molar-refractivity contribution in [1.82, 2.24) is 14.8 Å². The number of aliphatic hydroxyl groups is 1. The Morgan fingerprint density at radius 1 is 1.27 bits per heavy atom. The topological polar surface area (TPSA) is 65.9 Å². The van der Waals surface area contributed by atoms with E-state index in [4.69, 9.17) is 4.74 Å². The molecule has 1 N–H and O–H groups in total. The van der Waals surface area contributed by atoms with E-state index in [1.54, 1.807) is 25.4 Å². The molecular weight excluding hydrogens is 282 g/mol. The molecule has 0 aromatic carbocycles. The van der Waals surface area contributed by atoms with Crippen molar-refractivity contribution in [2.45, 2.75) is 31.4 Å². The first-order chi connectivity index (χ1) is 10.7. The van der Waals surface area contributed by atoms with E-state index in [-0.39, 0.29) is 18.1 Å². The SMILES string of the molecule is COc1ccc(C(=O)N2CCN([C@H]3CCC[C@@H]3O)CC2)cn1. The first-order valence-electron chi connectivity index (χ1n) is 7.90. The van der Waals surface area contributed by atoms with Crippen LogP contribution in [-0.2, 0) is 0 Å². The van der Waals surface area contributed by atoms with E-state index >= 15 is 0 Å². The fourth-order valence-electron chi connectivity index (χ4n) is 3.41. The van der Waals surface area contributed by atoms with Crippen LogP contribution in [0.15, 0.2) is 18.3 Å². The Morgan fingerprint density at radius 3 is 2.59 bits per heavy atom. The highest BCUT2D eigenvalue weighted by Gasteiger charge is 2.33. The fourth-order valence-corrected chi connectivity index (χ4v) is 3.41. The highest BCUT2D eigenvalue weighted by Crippen LogP contribution is 2.25. The van der Waals surface area contributed by atoms with Crippen LogP contribution in [0.2, 0.25) is 0 Å². The summed E-state index contributed by atoms with van der Waals surface area (Å²) in [7, 11) is 1.56. The number of carbonyl (C=O) groups is 1. The third kappa shape index (κ3) is 3.08. The summed E-state index contributed by atoms with van der Waals surface area (Å²) in [6.07, 6.45) is 4.43. The third-order valence-electron chi connectivity index (χ3n) is 4.71. The average molecular weight is 305 g/mol. The third-order valence-corrected chi connectivity index (χ3v) is 4.71. The number of nitrogens with zero attached hydrogens (tertiary/aromatic N) is 3. The van der Waals surface area contributed by atoms with Crippen LogP contribution < -0.4 is 4.74 Å². The van der Waals surface area contributed by atoms with Crippen molar-refractivity contribution in [3.05, 3.63) is 23.9 Å². The maximum absolute atomic E-state index is 12.5. The maximum Gasteiger partial charge on any atom is 0.255 e. The van der Waals surface area contributed by atoms with Crippen LogP contribution >= 0.6 is 0 Å². The monoisotopic (exact) mass is 305 g/mol. The molecule has 1 amide bonds. The highest BCUT2D eigenvalue weighted by molar-refractivity contribution is 5.94. The van der Waals surface area contributed by atoms with Gasteiger partial charge in [-0.05, 0) is 25.3 Å². The molecule has 22 heavy (non-hydrogen) atoms. The Bertz CT molecular complexity index is 512. The number of aliphatic hydroxyl groups excluding tert-OH is 1. The van der Waals surface area contributed by atoms with E-state index in [9.17, 15) is 9.90 Å². The van der Waals surface area contributed by atoms with Gasteiger partial charge in [-0.25, -0.2) is 4.98 Å². The number of pyridine rings is 1. The minimum absolute atomic E-state index is 0.0155. The largest absolute Gasteiger partial charge is 0.481 e. The second kappa shape index (κ2) is 6.62. The van der Waals surface area contributed by atoms with E-state index in [1.807, 2.05) is 4.90 Å². The average Bonchev–Trinajstić information content (AvgIpc) is 3.00. The Hall–Kier alpha value is -1.66. The predicted molar refractivity (Wildman–Crippen MR) is 81.9 cm³/mol. The molecule has 0 radical (unpaired) electrons. The number of carbonyl (C=O) groups excluding carboxylic acids is 1. The number of methoxy groups -OCH3 is 1. The molecule has 2 heterocycles. The van der Waals surface area contributed by atoms with Crippen LogP contribution in [0.1, 0.15) is 29.6 Å². The number of amides is 1. The second-order valence-corrected chi connectivity index (χ2v) is 5.98. The van der Waals surface area contributed by atoms with Crippen LogP contribution in [0.4, 0.5) is 0 Å². The van der Waals surface area contributed by atoms with Crippen LogP contribution in [0.3, 0.4) is 0 Å². The van der Waals surface area contributed by atoms with Gasteiger partial charge in [-0.1, -0.05) is 0 Å². The summed E-state index contributed by atoms with van der Waals surface area (Å²) in [6.45, 7) is 3.07. The Kier molecular flexibility index (Phi) is 4.59. The zero-order chi connectivity index (χ0) is 15.5. The van der Waals surface area contributed by atoms with E-state index < -0.39 is 0 Å². The van der Waals surface area contributed by atoms with Crippen molar-refractivity contribution in [2.24, 2.45) is 0 Å². The van der Waals surface area contributed by atoms with Gasteiger partial charge in [0, 0.05) is 44.5 Å². The van der Waals surface area contributed by atoms with Crippen molar-refractivity contribution in [3.63, 3.8) is 0 Å². The number of hydrogen-bond acceptors (Lipinski definition) is 5. The van der Waals surface area contributed by atoms with E-state index in [0.717, 1.165) is 32.4 Å². The van der Waals surface area contributed by atoms with Crippen LogP contribution in [-0.4, -0.2) is 71.2 Å². The molecule has 120 valence electrons. The molecule has 0 spiro atoms. The normalized spacial score (nSPS) is 26.2. The molecule has 1 aliphatic heterocycles. The summed E-state index contributed by atoms with van der Waals surface area (Å²) in [6, 6.07) is 3.74. The molecule has 3 rings (SSSR count). The van der Waals surface area contributed by atoms with Gasteiger partial charge in [0.15, 0.2) is 0 Å². The van der Waals surface area contributed by atoms with Crippen molar-refractivity contribution < 1.29 is 14.6 Å². The van der Waals surface area contributed by atoms with Gasteiger partial charge in [0.1, 0.15) is 0 Å². The van der Waals surface area contributed by atoms with Crippen molar-refractivity contribution >= 4 is 5.91 Å². The van der Waals surface area contributed by atoms with Gasteiger partial charge in [-0.2, -0.15) is 0 Å². The van der Waals surface area contributed by atoms with Crippen LogP contribution in [0, 0.1) is 0 Å². The Labute approximate surface area is 130 Å². The number of rotatable bonds is 3. The molecule has 0 unspecified atom stereocenters. The highest BCUT2D eigenvalue weighted by atomic mass is 16.5. The zero-order valence-corrected chi connectivity index (χ0v) is 12.9. The minimum Gasteiger partial charge on any atom is -0.481 e. The van der Waals surface area contributed by atoms with Gasteiger partial charge in [0.05, 0.1) is 18.8 Å². The summed E-state index contributed by atoms with van der Waals surface area (Å²) in [5, 5.41) is 10.0. The Balaban J connectivity index is 1.57. The van der Waals surface area contributed by atoms with Crippen molar-refractivity contribution in [3.8, 4) is 5.88 Å². The molecule has 0 bridgehead atoms. The lowest BCUT2D eigenvalue weighted by Crippen LogP contribution is -2.53. The molecular formula is C16H23N3O3. The summed E-state index contributed by atoms with van der Waals surface area (Å²) < 4.78 is 5.01. The van der Waals surface area contributed by atoms with E-state index in [2.05, 4.69) is 9.88 Å². The molecule has 1 aliphatic carbocycles. The van der Waals surface area contributed by atoms with Gasteiger partial charge in [-0.15, -0.1) is 0 Å². The van der Waals surface area contributed by atoms with Gasteiger partial charge in [0.25, 0.3) is 5.91 Å². The number of hydrogen-bond donors (Lipinski definition) is 1. The molecule has 2 aliphatic rings. The van der Waals surface area contributed by atoms with Gasteiger partial charge in [0.2, 0.25) is 5.88 Å². The molecule has 6 heteroatoms. The maximum atomic E-state index is 12.5. The number of aromatic nitrogens is 1. The predicted octanol–water partition coefficient (Wildman–Crippen LogP) is 0.761. The first-order valence-corrected chi connectivity index (χ1v) is 7.90. The number of ether oxygens (including phenoxy) is 1. The summed E-state index contributed by atoms with van der Waals surface area (Å²) in [5.41, 5.74) is 0.593. The molecule has 2 fully saturated rings. The molecule has 1 aromatic rings. The molecule has 1 saturated carbocycles. The van der Waals surface area contributed by atoms with Crippen LogP contribution in [0.25, 0.3) is 0 Å². The lowest BCUT2D eigenvalue weighted by molar-refractivity contribution is 0.0315. The summed E-state index contributed by atoms with van der Waals surface area (Å²) >= 11 is 0. The quantitative estimate of drug-likeness (QED) is 0.893. The zero-order valence-electron chi connectivity index (χ0n) is 12.9. The van der Waals surface area contributed by atoms with Gasteiger partial charge < -0.3 is 14.7 Å². The molecule has 6 nitrogen and oxygen atoms in total. The molecule has 1 saturated heterocycles. The summed E-state index contributed by atoms with van der Waals surface area (Å²) in [5.74, 6) is 0.526. The van der Waals surface area contributed by atoms with E-state index in [1.165, 1.54) is 0 Å². The molecule has 2 atom stereocenters. The first kappa shape index (κ1) is 15.2. The van der Waals surface area contributed by atoms with Gasteiger partial charge in [-0.3, -0.25) is 9.69 Å². The standard InChI is InChI=1S/C16H23N3O3/c1-22-15-6-5-12(11-17-15)16(21)19-9-7-18(8-10-19)13-3-2-4-14(13)20/h5-6,11,13-14,20H,2-4,7-10H2,1H3/t13-,14-/m0/s1. The summed E-state index contributed by atoms with van der Waals surface area (Å²) in [4.78, 5) is 20.7. The lowest BCUT2D eigenvalue weighted by atomic mass is 10.1. The lowest BCUT2D eigenvalue weighted by Gasteiger charge is -2.39. The van der Waals surface area contributed by atoms with E-state index in [0.29, 0.717) is 24.5 Å². The molecule has 1 aromatic heterocycles. The fraction of sp³-hybridized carbons (Fsp3) is 0.625. The van der Waals surface area contributed by atoms with Crippen LogP contribution in [0.5, 0.6) is 5.88 Å². The smallest absolute Gasteiger partial charge is 0.255 e.